The molecule has 0 saturated heterocycles. The van der Waals surface area contributed by atoms with Gasteiger partial charge in [-0.05, 0) is 25.1 Å². The predicted octanol–water partition coefficient (Wildman–Crippen LogP) is 2.12. The van der Waals surface area contributed by atoms with Gasteiger partial charge in [0.05, 0.1) is 12.6 Å². The van der Waals surface area contributed by atoms with Crippen LogP contribution in [0.1, 0.15) is 18.0 Å². The van der Waals surface area contributed by atoms with Gasteiger partial charge >= 0.3 is 0 Å². The van der Waals surface area contributed by atoms with E-state index in [1.807, 2.05) is 6.07 Å². The molecule has 1 aromatic rings. The minimum Gasteiger partial charge on any atom is -0.348 e. The topological polar surface area (TPSA) is 41.1 Å². The van der Waals surface area contributed by atoms with E-state index >= 15 is 0 Å². The lowest BCUT2D eigenvalue weighted by Gasteiger charge is -2.26. The summed E-state index contributed by atoms with van der Waals surface area (Å²) in [6, 6.07) is 4.97. The average molecular weight is 291 g/mol. The second-order valence-electron chi connectivity index (χ2n) is 3.95. The van der Waals surface area contributed by atoms with Crippen molar-refractivity contribution in [3.63, 3.8) is 0 Å². The Labute approximate surface area is 116 Å². The fourth-order valence-electron chi connectivity index (χ4n) is 1.94. The molecule has 1 atom stereocenters. The molecule has 2 rings (SSSR count). The van der Waals surface area contributed by atoms with Crippen LogP contribution in [0.2, 0.25) is 0 Å². The van der Waals surface area contributed by atoms with Crippen molar-refractivity contribution in [1.29, 1.82) is 0 Å². The van der Waals surface area contributed by atoms with E-state index in [0.29, 0.717) is 4.90 Å². The molecule has 1 heterocycles. The Morgan fingerprint density at radius 3 is 3.06 bits per heavy atom. The molecule has 2 N–H and O–H groups in total. The molecule has 1 aromatic carbocycles. The third-order valence-electron chi connectivity index (χ3n) is 2.70. The zero-order valence-electron chi connectivity index (χ0n) is 10.0. The largest absolute Gasteiger partial charge is 0.348 e. The van der Waals surface area contributed by atoms with Crippen LogP contribution in [0.3, 0.4) is 0 Å². The summed E-state index contributed by atoms with van der Waals surface area (Å²) in [7, 11) is 1.73. The number of amides is 1. The fraction of sp³-hybridized carbons (Fsp3) is 0.417. The molecule has 18 heavy (non-hydrogen) atoms. The van der Waals surface area contributed by atoms with E-state index in [2.05, 4.69) is 10.6 Å². The van der Waals surface area contributed by atoms with Crippen LogP contribution in [-0.4, -0.2) is 25.3 Å². The van der Waals surface area contributed by atoms with Crippen LogP contribution in [0, 0.1) is 5.82 Å². The highest BCUT2D eigenvalue weighted by Crippen LogP contribution is 2.37. The smallest absolute Gasteiger partial charge is 0.234 e. The molecule has 0 aliphatic carbocycles. The van der Waals surface area contributed by atoms with E-state index in [9.17, 15) is 9.18 Å². The van der Waals surface area contributed by atoms with Crippen molar-refractivity contribution in [2.24, 2.45) is 0 Å². The highest BCUT2D eigenvalue weighted by molar-refractivity contribution is 7.99. The predicted molar refractivity (Wildman–Crippen MR) is 73.8 cm³/mol. The molecular formula is C12H16ClFN2OS. The van der Waals surface area contributed by atoms with E-state index < -0.39 is 0 Å². The van der Waals surface area contributed by atoms with Crippen LogP contribution >= 0.6 is 24.2 Å². The van der Waals surface area contributed by atoms with E-state index in [1.165, 1.54) is 17.8 Å². The van der Waals surface area contributed by atoms with E-state index in [4.69, 9.17) is 0 Å². The van der Waals surface area contributed by atoms with Crippen molar-refractivity contribution in [3.05, 3.63) is 29.6 Å². The van der Waals surface area contributed by atoms with Crippen molar-refractivity contribution in [2.75, 3.05) is 19.3 Å². The van der Waals surface area contributed by atoms with Crippen molar-refractivity contribution in [1.82, 2.24) is 10.6 Å². The Kier molecular flexibility index (Phi) is 5.91. The van der Waals surface area contributed by atoms with Gasteiger partial charge in [-0.25, -0.2) is 4.39 Å². The Hall–Kier alpha value is -0.780. The van der Waals surface area contributed by atoms with Gasteiger partial charge in [0.25, 0.3) is 0 Å². The molecule has 0 bridgehead atoms. The van der Waals surface area contributed by atoms with Gasteiger partial charge in [-0.15, -0.1) is 24.2 Å². The van der Waals surface area contributed by atoms with Crippen molar-refractivity contribution in [3.8, 4) is 0 Å². The van der Waals surface area contributed by atoms with Crippen molar-refractivity contribution < 1.29 is 9.18 Å². The first kappa shape index (κ1) is 15.3. The van der Waals surface area contributed by atoms with Gasteiger partial charge in [0.2, 0.25) is 5.91 Å². The minimum absolute atomic E-state index is 0. The van der Waals surface area contributed by atoms with E-state index in [1.54, 1.807) is 13.1 Å². The summed E-state index contributed by atoms with van der Waals surface area (Å²) in [5.74, 6) is 0.581. The standard InChI is InChI=1S/C12H15FN2OS.ClH/c1-14-7-11(16)15-10-5-6-17-12-8(10)3-2-4-9(12)13;/h2-4,10,14H,5-7H2,1H3,(H,15,16);1H. The van der Waals surface area contributed by atoms with E-state index in [0.717, 1.165) is 17.7 Å². The highest BCUT2D eigenvalue weighted by Gasteiger charge is 2.23. The van der Waals surface area contributed by atoms with Crippen LogP contribution < -0.4 is 10.6 Å². The Bertz CT molecular complexity index is 431. The number of benzene rings is 1. The molecule has 0 aromatic heterocycles. The number of hydrogen-bond donors (Lipinski definition) is 2. The van der Waals surface area contributed by atoms with Gasteiger partial charge in [-0.3, -0.25) is 4.79 Å². The Morgan fingerprint density at radius 1 is 1.56 bits per heavy atom. The number of halogens is 2. The SMILES string of the molecule is CNCC(=O)NC1CCSc2c(F)cccc21.Cl. The van der Waals surface area contributed by atoms with Gasteiger partial charge in [-0.2, -0.15) is 0 Å². The molecule has 0 saturated carbocycles. The average Bonchev–Trinajstić information content (AvgIpc) is 2.31. The fourth-order valence-corrected chi connectivity index (χ4v) is 3.08. The maximum atomic E-state index is 13.6. The lowest BCUT2D eigenvalue weighted by atomic mass is 10.0. The third-order valence-corrected chi connectivity index (χ3v) is 3.86. The summed E-state index contributed by atoms with van der Waals surface area (Å²) >= 11 is 1.52. The van der Waals surface area contributed by atoms with Crippen LogP contribution in [-0.2, 0) is 4.79 Å². The van der Waals surface area contributed by atoms with Crippen LogP contribution in [0.5, 0.6) is 0 Å². The van der Waals surface area contributed by atoms with Crippen LogP contribution in [0.4, 0.5) is 4.39 Å². The van der Waals surface area contributed by atoms with Crippen molar-refractivity contribution >= 4 is 30.1 Å². The lowest BCUT2D eigenvalue weighted by molar-refractivity contribution is -0.120. The molecule has 0 radical (unpaired) electrons. The number of carbonyl (C=O) groups is 1. The van der Waals surface area contributed by atoms with Crippen molar-refractivity contribution in [2.45, 2.75) is 17.4 Å². The van der Waals surface area contributed by atoms with E-state index in [-0.39, 0.29) is 36.7 Å². The molecule has 1 aliphatic heterocycles. The number of rotatable bonds is 3. The molecule has 3 nitrogen and oxygen atoms in total. The zero-order valence-corrected chi connectivity index (χ0v) is 11.7. The molecule has 6 heteroatoms. The van der Waals surface area contributed by atoms with Gasteiger partial charge in [-0.1, -0.05) is 12.1 Å². The number of hydrogen-bond acceptors (Lipinski definition) is 3. The summed E-state index contributed by atoms with van der Waals surface area (Å²) in [4.78, 5) is 12.2. The Balaban J connectivity index is 0.00000162. The van der Waals surface area contributed by atoms with Crippen LogP contribution in [0.25, 0.3) is 0 Å². The second-order valence-corrected chi connectivity index (χ2v) is 5.05. The minimum atomic E-state index is -0.194. The molecule has 0 fully saturated rings. The molecule has 1 aliphatic rings. The second kappa shape index (κ2) is 6.97. The molecule has 100 valence electrons. The zero-order chi connectivity index (χ0) is 12.3. The molecular weight excluding hydrogens is 275 g/mol. The monoisotopic (exact) mass is 290 g/mol. The summed E-state index contributed by atoms with van der Waals surface area (Å²) in [5, 5.41) is 5.72. The maximum Gasteiger partial charge on any atom is 0.234 e. The van der Waals surface area contributed by atoms with Gasteiger partial charge in [0.1, 0.15) is 5.82 Å². The first-order chi connectivity index (χ1) is 8.22. The summed E-state index contributed by atoms with van der Waals surface area (Å²) in [6.07, 6.45) is 0.844. The normalized spacial score (nSPS) is 17.6. The van der Waals surface area contributed by atoms with Crippen LogP contribution in [0.15, 0.2) is 23.1 Å². The van der Waals surface area contributed by atoms with Gasteiger partial charge in [0, 0.05) is 10.6 Å². The maximum absolute atomic E-state index is 13.6. The Morgan fingerprint density at radius 2 is 2.33 bits per heavy atom. The first-order valence-corrected chi connectivity index (χ1v) is 6.56. The molecule has 1 amide bonds. The number of nitrogens with one attached hydrogen (secondary N) is 2. The summed E-state index contributed by atoms with van der Waals surface area (Å²) < 4.78 is 13.6. The third kappa shape index (κ3) is 3.37. The molecule has 1 unspecified atom stereocenters. The highest BCUT2D eigenvalue weighted by atomic mass is 35.5. The number of thioether (sulfide) groups is 1. The summed E-state index contributed by atoms with van der Waals surface area (Å²) in [6.45, 7) is 0.286. The van der Waals surface area contributed by atoms with Gasteiger partial charge in [0.15, 0.2) is 0 Å². The number of likely N-dealkylation sites (N-methyl/N-ethyl adjacent to an activating group) is 1. The van der Waals surface area contributed by atoms with Gasteiger partial charge < -0.3 is 10.6 Å². The molecule has 0 spiro atoms. The number of fused-ring (bicyclic) bond motifs is 1. The quantitative estimate of drug-likeness (QED) is 0.896. The number of carbonyl (C=O) groups excluding carboxylic acids is 1. The first-order valence-electron chi connectivity index (χ1n) is 5.57. The lowest BCUT2D eigenvalue weighted by Crippen LogP contribution is -2.36. The summed E-state index contributed by atoms with van der Waals surface area (Å²) in [5.41, 5.74) is 0.894.